The lowest BCUT2D eigenvalue weighted by Crippen LogP contribution is -2.44. The maximum absolute atomic E-state index is 12.0. The normalized spacial score (nSPS) is 12.7. The van der Waals surface area contributed by atoms with E-state index in [0.29, 0.717) is 24.3 Å². The zero-order chi connectivity index (χ0) is 19.0. The summed E-state index contributed by atoms with van der Waals surface area (Å²) in [6.07, 6.45) is 1.15. The fourth-order valence-corrected chi connectivity index (χ4v) is 2.39. The lowest BCUT2D eigenvalue weighted by atomic mass is 9.97. The number of hydrogen-bond acceptors (Lipinski definition) is 4. The Morgan fingerprint density at radius 2 is 1.81 bits per heavy atom. The Bertz CT molecular complexity index is 744. The van der Waals surface area contributed by atoms with Crippen LogP contribution in [0.2, 0.25) is 0 Å². The zero-order valence-electron chi connectivity index (χ0n) is 15.0. The van der Waals surface area contributed by atoms with Crippen LogP contribution < -0.4 is 15.4 Å². The van der Waals surface area contributed by atoms with Crippen LogP contribution in [-0.4, -0.2) is 36.2 Å². The molecule has 3 N–H and O–H groups in total. The first kappa shape index (κ1) is 19.5. The summed E-state index contributed by atoms with van der Waals surface area (Å²) >= 11 is 0. The Hall–Kier alpha value is -2.86. The van der Waals surface area contributed by atoms with Crippen LogP contribution in [0.5, 0.6) is 5.75 Å². The molecule has 1 atom stereocenters. The van der Waals surface area contributed by atoms with Gasteiger partial charge < -0.3 is 20.5 Å². The summed E-state index contributed by atoms with van der Waals surface area (Å²) in [6.45, 7) is 1.63. The van der Waals surface area contributed by atoms with Crippen molar-refractivity contribution >= 4 is 17.5 Å². The van der Waals surface area contributed by atoms with Gasteiger partial charge in [0, 0.05) is 18.3 Å². The molecule has 0 bridgehead atoms. The second-order valence-electron chi connectivity index (χ2n) is 6.35. The summed E-state index contributed by atoms with van der Waals surface area (Å²) in [4.78, 5) is 23.9. The van der Waals surface area contributed by atoms with Gasteiger partial charge in [-0.25, -0.2) is 0 Å². The minimum absolute atomic E-state index is 0.00972. The lowest BCUT2D eigenvalue weighted by Gasteiger charge is -2.23. The summed E-state index contributed by atoms with van der Waals surface area (Å²) in [7, 11) is 1.52. The predicted molar refractivity (Wildman–Crippen MR) is 100 cm³/mol. The molecule has 6 nitrogen and oxygen atoms in total. The average Bonchev–Trinajstić information content (AvgIpc) is 2.65. The Balaban J connectivity index is 1.81. The van der Waals surface area contributed by atoms with E-state index in [2.05, 4.69) is 10.6 Å². The monoisotopic (exact) mass is 356 g/mol. The summed E-state index contributed by atoms with van der Waals surface area (Å²) in [6, 6.07) is 16.5. The third-order valence-corrected chi connectivity index (χ3v) is 3.96. The number of aryl methyl sites for hydroxylation is 1. The van der Waals surface area contributed by atoms with Gasteiger partial charge in [-0.1, -0.05) is 36.4 Å². The molecule has 0 saturated carbocycles. The van der Waals surface area contributed by atoms with Crippen LogP contribution in [0.3, 0.4) is 0 Å². The van der Waals surface area contributed by atoms with Gasteiger partial charge in [0.25, 0.3) is 0 Å². The molecule has 6 heteroatoms. The molecule has 0 aliphatic rings. The Morgan fingerprint density at radius 1 is 1.08 bits per heavy atom. The number of benzene rings is 2. The van der Waals surface area contributed by atoms with Crippen LogP contribution in [0.1, 0.15) is 18.9 Å². The number of ether oxygens (including phenoxy) is 1. The highest BCUT2D eigenvalue weighted by Gasteiger charge is 2.23. The fourth-order valence-electron chi connectivity index (χ4n) is 2.39. The van der Waals surface area contributed by atoms with Crippen molar-refractivity contribution in [2.75, 3.05) is 19.0 Å². The second kappa shape index (κ2) is 9.01. The molecule has 0 saturated heterocycles. The summed E-state index contributed by atoms with van der Waals surface area (Å²) in [5.41, 5.74) is 0.456. The van der Waals surface area contributed by atoms with Crippen LogP contribution in [0.4, 0.5) is 5.69 Å². The van der Waals surface area contributed by atoms with Crippen LogP contribution >= 0.6 is 0 Å². The molecule has 0 spiro atoms. The van der Waals surface area contributed by atoms with Crippen LogP contribution in [-0.2, 0) is 16.0 Å². The molecule has 0 aromatic heterocycles. The topological polar surface area (TPSA) is 87.7 Å². The molecule has 26 heavy (non-hydrogen) atoms. The van der Waals surface area contributed by atoms with Crippen molar-refractivity contribution in [2.24, 2.45) is 0 Å². The average molecular weight is 356 g/mol. The Labute approximate surface area is 153 Å². The van der Waals surface area contributed by atoms with Crippen LogP contribution in [0.25, 0.3) is 0 Å². The minimum Gasteiger partial charge on any atom is -0.497 e. The summed E-state index contributed by atoms with van der Waals surface area (Å²) in [5, 5.41) is 15.4. The number of aliphatic hydroxyl groups is 1. The van der Waals surface area contributed by atoms with Gasteiger partial charge in [0.05, 0.1) is 12.7 Å². The van der Waals surface area contributed by atoms with Gasteiger partial charge in [-0.15, -0.1) is 0 Å². The first-order valence-corrected chi connectivity index (χ1v) is 8.39. The maximum Gasteiger partial charge on any atom is 0.313 e. The number of carbonyl (C=O) groups excluding carboxylic acids is 2. The van der Waals surface area contributed by atoms with Gasteiger partial charge in [-0.3, -0.25) is 9.59 Å². The fraction of sp³-hybridized carbons (Fsp3) is 0.300. The molecular formula is C20H24N2O4. The first-order valence-electron chi connectivity index (χ1n) is 8.39. The van der Waals surface area contributed by atoms with E-state index in [1.54, 1.807) is 31.2 Å². The highest BCUT2D eigenvalue weighted by atomic mass is 16.5. The standard InChI is InChI=1S/C20H24N2O4/c1-20(25,12-11-15-7-4-3-5-8-15)14-21-18(23)19(24)22-16-9-6-10-17(13-16)26-2/h3-10,13,25H,11-12,14H2,1-2H3,(H,21,23)(H,22,24). The van der Waals surface area contributed by atoms with Crippen molar-refractivity contribution in [3.8, 4) is 5.75 Å². The van der Waals surface area contributed by atoms with Crippen molar-refractivity contribution in [2.45, 2.75) is 25.4 Å². The quantitative estimate of drug-likeness (QED) is 0.663. The van der Waals surface area contributed by atoms with E-state index in [1.807, 2.05) is 30.3 Å². The second-order valence-corrected chi connectivity index (χ2v) is 6.35. The molecule has 0 fully saturated rings. The summed E-state index contributed by atoms with van der Waals surface area (Å²) < 4.78 is 5.07. The minimum atomic E-state index is -1.11. The van der Waals surface area contributed by atoms with Crippen molar-refractivity contribution in [3.63, 3.8) is 0 Å². The number of amides is 2. The maximum atomic E-state index is 12.0. The van der Waals surface area contributed by atoms with Gasteiger partial charge in [-0.05, 0) is 37.5 Å². The highest BCUT2D eigenvalue weighted by Crippen LogP contribution is 2.16. The van der Waals surface area contributed by atoms with Crippen molar-refractivity contribution < 1.29 is 19.4 Å². The van der Waals surface area contributed by atoms with Gasteiger partial charge in [-0.2, -0.15) is 0 Å². The molecule has 0 heterocycles. The van der Waals surface area contributed by atoms with E-state index >= 15 is 0 Å². The summed E-state index contributed by atoms with van der Waals surface area (Å²) in [5.74, 6) is -1.02. The number of hydrogen-bond donors (Lipinski definition) is 3. The van der Waals surface area contributed by atoms with E-state index in [0.717, 1.165) is 5.56 Å². The molecule has 0 radical (unpaired) electrons. The lowest BCUT2D eigenvalue weighted by molar-refractivity contribution is -0.136. The molecule has 2 aromatic rings. The smallest absolute Gasteiger partial charge is 0.313 e. The number of nitrogens with one attached hydrogen (secondary N) is 2. The van der Waals surface area contributed by atoms with Gasteiger partial charge in [0.2, 0.25) is 0 Å². The molecule has 1 unspecified atom stereocenters. The molecule has 2 rings (SSSR count). The molecular weight excluding hydrogens is 332 g/mol. The van der Waals surface area contributed by atoms with Crippen molar-refractivity contribution in [3.05, 3.63) is 60.2 Å². The van der Waals surface area contributed by atoms with E-state index in [-0.39, 0.29) is 6.54 Å². The molecule has 2 aromatic carbocycles. The van der Waals surface area contributed by atoms with E-state index in [4.69, 9.17) is 4.74 Å². The van der Waals surface area contributed by atoms with E-state index in [1.165, 1.54) is 7.11 Å². The van der Waals surface area contributed by atoms with E-state index in [9.17, 15) is 14.7 Å². The number of methoxy groups -OCH3 is 1. The Kier molecular flexibility index (Phi) is 6.74. The molecule has 2 amide bonds. The van der Waals surface area contributed by atoms with Gasteiger partial charge in [0.15, 0.2) is 0 Å². The number of anilines is 1. The van der Waals surface area contributed by atoms with Crippen LogP contribution in [0, 0.1) is 0 Å². The zero-order valence-corrected chi connectivity index (χ0v) is 15.0. The first-order chi connectivity index (χ1) is 12.4. The largest absolute Gasteiger partial charge is 0.497 e. The van der Waals surface area contributed by atoms with Crippen molar-refractivity contribution in [1.29, 1.82) is 0 Å². The van der Waals surface area contributed by atoms with Gasteiger partial charge in [0.1, 0.15) is 5.75 Å². The third-order valence-electron chi connectivity index (χ3n) is 3.96. The van der Waals surface area contributed by atoms with Crippen LogP contribution in [0.15, 0.2) is 54.6 Å². The highest BCUT2D eigenvalue weighted by molar-refractivity contribution is 6.39. The van der Waals surface area contributed by atoms with E-state index < -0.39 is 17.4 Å². The number of rotatable bonds is 7. The predicted octanol–water partition coefficient (Wildman–Crippen LogP) is 2.13. The third kappa shape index (κ3) is 6.22. The Morgan fingerprint density at radius 3 is 2.50 bits per heavy atom. The molecule has 138 valence electrons. The number of carbonyl (C=O) groups is 2. The molecule has 0 aliphatic heterocycles. The molecule has 0 aliphatic carbocycles. The van der Waals surface area contributed by atoms with Gasteiger partial charge >= 0.3 is 11.8 Å². The van der Waals surface area contributed by atoms with Crippen molar-refractivity contribution in [1.82, 2.24) is 5.32 Å². The SMILES string of the molecule is COc1cccc(NC(=O)C(=O)NCC(C)(O)CCc2ccccc2)c1.